The number of rotatable bonds is 10. The third kappa shape index (κ3) is 8.89. The average molecular weight is 1150 g/mol. The zero-order valence-corrected chi connectivity index (χ0v) is 49.4. The second-order valence-electron chi connectivity index (χ2n) is 23.3. The molecule has 12 aromatic carbocycles. The van der Waals surface area contributed by atoms with Crippen molar-refractivity contribution in [1.82, 2.24) is 29.5 Å². The summed E-state index contributed by atoms with van der Waals surface area (Å²) in [5.41, 5.74) is 25.2. The summed E-state index contributed by atoms with van der Waals surface area (Å²) in [5, 5.41) is 2.37. The lowest BCUT2D eigenvalue weighted by Gasteiger charge is -2.45. The van der Waals surface area contributed by atoms with Crippen molar-refractivity contribution < 1.29 is 0 Å². The Kier molecular flexibility index (Phi) is 12.6. The molecule has 0 saturated carbocycles. The number of nitrogens with zero attached hydrogens (tertiary/aromatic N) is 8. The van der Waals surface area contributed by atoms with Crippen LogP contribution in [0.3, 0.4) is 0 Å². The third-order valence-electron chi connectivity index (χ3n) is 17.7. The fraction of sp³-hybridized carbons (Fsp3) is 0.0247. The van der Waals surface area contributed by atoms with Gasteiger partial charge >= 0.3 is 0 Å². The van der Waals surface area contributed by atoms with Gasteiger partial charge in [-0.2, -0.15) is 0 Å². The average Bonchev–Trinajstić information content (AvgIpc) is 0.809. The first kappa shape index (κ1) is 52.5. The van der Waals surface area contributed by atoms with Gasteiger partial charge in [-0.05, 0) is 133 Å². The molecule has 5 heterocycles. The minimum absolute atomic E-state index is 0.0427. The van der Waals surface area contributed by atoms with E-state index in [-0.39, 0.29) is 6.71 Å². The van der Waals surface area contributed by atoms with E-state index in [0.29, 0.717) is 23.3 Å². The van der Waals surface area contributed by atoms with Crippen molar-refractivity contribution in [3.05, 3.63) is 308 Å². The quantitative estimate of drug-likeness (QED) is 0.126. The van der Waals surface area contributed by atoms with Gasteiger partial charge in [-0.15, -0.1) is 0 Å². The molecule has 2 aliphatic rings. The summed E-state index contributed by atoms with van der Waals surface area (Å²) in [4.78, 5) is 31.8. The van der Waals surface area contributed by atoms with Crippen molar-refractivity contribution in [3.63, 3.8) is 0 Å². The van der Waals surface area contributed by atoms with E-state index in [9.17, 15) is 0 Å². The number of para-hydroxylation sites is 4. The van der Waals surface area contributed by atoms with E-state index >= 15 is 0 Å². The van der Waals surface area contributed by atoms with Gasteiger partial charge in [-0.3, -0.25) is 0 Å². The molecular weight excluding hydrogens is 1100 g/mol. The molecule has 0 saturated heterocycles. The third-order valence-corrected chi connectivity index (χ3v) is 17.7. The first-order valence-corrected chi connectivity index (χ1v) is 30.6. The van der Waals surface area contributed by atoms with Crippen LogP contribution in [0.2, 0.25) is 0 Å². The molecule has 3 aromatic heterocycles. The standard InChI is InChI=1S/C81H55BN8/c1-52-39-43-70-63(47-52)64-48-53(2)40-44-71(64)90(70)72-45-41-59(81-86-78(55-25-10-4-11-26-55)85-79(87-81)56-27-12-5-13-28-56)50-65(72)69-51-68(54-23-8-3-9-24-54)83-80(84-69)58-30-22-29-57(49-58)62-42-46-75-76-77(62)89(61-33-16-7-17-34-61)74-38-21-19-36-67(74)82(76)66-35-18-20-37-73(66)88(75)60-31-14-6-15-32-60/h3-51H,1-2H3. The maximum absolute atomic E-state index is 5.76. The normalized spacial score (nSPS) is 12.3. The van der Waals surface area contributed by atoms with Crippen LogP contribution in [-0.2, 0) is 0 Å². The van der Waals surface area contributed by atoms with E-state index in [1.807, 2.05) is 60.7 Å². The van der Waals surface area contributed by atoms with Gasteiger partial charge in [0.15, 0.2) is 23.3 Å². The van der Waals surface area contributed by atoms with E-state index in [1.54, 1.807) is 0 Å². The molecule has 17 rings (SSSR count). The van der Waals surface area contributed by atoms with Gasteiger partial charge in [0.1, 0.15) is 0 Å². The number of hydrogen-bond donors (Lipinski definition) is 0. The van der Waals surface area contributed by atoms with Crippen LogP contribution in [0.15, 0.2) is 297 Å². The lowest BCUT2D eigenvalue weighted by atomic mass is 9.33. The van der Waals surface area contributed by atoms with Gasteiger partial charge < -0.3 is 14.4 Å². The molecule has 0 radical (unpaired) electrons. The number of fused-ring (bicyclic) bond motifs is 7. The largest absolute Gasteiger partial charge is 0.311 e. The predicted octanol–water partition coefficient (Wildman–Crippen LogP) is 18.1. The molecule has 0 atom stereocenters. The van der Waals surface area contributed by atoms with E-state index in [2.05, 4.69) is 265 Å². The van der Waals surface area contributed by atoms with Gasteiger partial charge in [0.05, 0.1) is 33.8 Å². The molecule has 2 aliphatic heterocycles. The maximum Gasteiger partial charge on any atom is 0.252 e. The first-order chi connectivity index (χ1) is 44.5. The molecule has 0 amide bonds. The molecule has 0 N–H and O–H groups in total. The summed E-state index contributed by atoms with van der Waals surface area (Å²) in [6, 6.07) is 106. The first-order valence-electron chi connectivity index (χ1n) is 30.6. The predicted molar refractivity (Wildman–Crippen MR) is 371 cm³/mol. The molecule has 90 heavy (non-hydrogen) atoms. The van der Waals surface area contributed by atoms with Crippen LogP contribution in [0, 0.1) is 13.8 Å². The summed E-state index contributed by atoms with van der Waals surface area (Å²) in [7, 11) is 0. The SMILES string of the molecule is Cc1ccc2c(c1)c1cc(C)ccc1n2-c1ccc(-c2nc(-c3ccccc3)nc(-c3ccccc3)n2)cc1-c1cc(-c2ccccc2)nc(-c2cccc(-c3ccc4c5c3N(c3ccccc3)c3ccccc3B5c3ccccc3N4c3ccccc3)c2)n1. The van der Waals surface area contributed by atoms with Crippen LogP contribution in [-0.4, -0.2) is 36.2 Å². The highest BCUT2D eigenvalue weighted by Gasteiger charge is 2.44. The van der Waals surface area contributed by atoms with Crippen molar-refractivity contribution in [3.8, 4) is 84.9 Å². The summed E-state index contributed by atoms with van der Waals surface area (Å²) in [6.45, 7) is 4.29. The minimum Gasteiger partial charge on any atom is -0.311 e. The Bertz CT molecular complexity index is 5160. The number of aromatic nitrogens is 6. The molecule has 0 fully saturated rings. The fourth-order valence-electron chi connectivity index (χ4n) is 13.7. The second-order valence-corrected chi connectivity index (χ2v) is 23.3. The van der Waals surface area contributed by atoms with Crippen molar-refractivity contribution in [2.24, 2.45) is 0 Å². The van der Waals surface area contributed by atoms with Crippen molar-refractivity contribution in [2.45, 2.75) is 13.8 Å². The van der Waals surface area contributed by atoms with Crippen molar-refractivity contribution in [1.29, 1.82) is 0 Å². The smallest absolute Gasteiger partial charge is 0.252 e. The van der Waals surface area contributed by atoms with Crippen LogP contribution in [0.5, 0.6) is 0 Å². The summed E-state index contributed by atoms with van der Waals surface area (Å²) >= 11 is 0. The highest BCUT2D eigenvalue weighted by molar-refractivity contribution is 7.00. The monoisotopic (exact) mass is 1150 g/mol. The lowest BCUT2D eigenvalue weighted by Crippen LogP contribution is -2.61. The van der Waals surface area contributed by atoms with Gasteiger partial charge in [0.25, 0.3) is 6.71 Å². The lowest BCUT2D eigenvalue weighted by molar-refractivity contribution is 1.07. The van der Waals surface area contributed by atoms with E-state index < -0.39 is 0 Å². The number of aryl methyl sites for hydroxylation is 2. The minimum atomic E-state index is -0.0427. The summed E-state index contributed by atoms with van der Waals surface area (Å²) in [6.07, 6.45) is 0. The molecule has 8 nitrogen and oxygen atoms in total. The van der Waals surface area contributed by atoms with E-state index in [1.165, 1.54) is 44.0 Å². The highest BCUT2D eigenvalue weighted by atomic mass is 15.2. The summed E-state index contributed by atoms with van der Waals surface area (Å²) in [5.74, 6) is 2.32. The Balaban J connectivity index is 0.904. The fourth-order valence-corrected chi connectivity index (χ4v) is 13.7. The number of benzene rings is 12. The zero-order chi connectivity index (χ0) is 59.8. The molecule has 422 valence electrons. The van der Waals surface area contributed by atoms with Crippen LogP contribution < -0.4 is 26.2 Å². The van der Waals surface area contributed by atoms with Crippen LogP contribution >= 0.6 is 0 Å². The Hall–Kier alpha value is -11.8. The number of hydrogen-bond acceptors (Lipinski definition) is 7. The van der Waals surface area contributed by atoms with Crippen molar-refractivity contribution >= 4 is 79.0 Å². The van der Waals surface area contributed by atoms with Crippen LogP contribution in [0.4, 0.5) is 34.1 Å². The Morgan fingerprint density at radius 1 is 0.289 bits per heavy atom. The molecule has 0 unspecified atom stereocenters. The van der Waals surface area contributed by atoms with Crippen molar-refractivity contribution in [2.75, 3.05) is 9.80 Å². The highest BCUT2D eigenvalue weighted by Crippen LogP contribution is 2.49. The van der Waals surface area contributed by atoms with Gasteiger partial charge in [0, 0.05) is 78.2 Å². The van der Waals surface area contributed by atoms with E-state index in [4.69, 9.17) is 24.9 Å². The maximum atomic E-state index is 5.76. The van der Waals surface area contributed by atoms with Gasteiger partial charge in [0.2, 0.25) is 0 Å². The van der Waals surface area contributed by atoms with Crippen LogP contribution in [0.1, 0.15) is 11.1 Å². The van der Waals surface area contributed by atoms with Crippen LogP contribution in [0.25, 0.3) is 107 Å². The molecule has 0 bridgehead atoms. The Labute approximate surface area is 522 Å². The molecule has 15 aromatic rings. The molecular formula is C81H55BN8. The Morgan fingerprint density at radius 3 is 1.34 bits per heavy atom. The molecule has 0 spiro atoms. The molecule has 9 heteroatoms. The zero-order valence-electron chi connectivity index (χ0n) is 49.4. The summed E-state index contributed by atoms with van der Waals surface area (Å²) < 4.78 is 2.40. The second kappa shape index (κ2) is 21.6. The Morgan fingerprint density at radius 2 is 0.744 bits per heavy atom. The van der Waals surface area contributed by atoms with Gasteiger partial charge in [-0.1, -0.05) is 211 Å². The van der Waals surface area contributed by atoms with Gasteiger partial charge in [-0.25, -0.2) is 24.9 Å². The molecule has 0 aliphatic carbocycles. The topological polar surface area (TPSA) is 75.9 Å². The number of anilines is 6. The van der Waals surface area contributed by atoms with E-state index in [0.717, 1.165) is 101 Å².